The first-order chi connectivity index (χ1) is 9.17. The van der Waals surface area contributed by atoms with E-state index in [1.165, 1.54) is 0 Å². The predicted octanol–water partition coefficient (Wildman–Crippen LogP) is -1.67. The second-order valence-corrected chi connectivity index (χ2v) is 2.60. The first-order valence-corrected chi connectivity index (χ1v) is 4.85. The predicted molar refractivity (Wildman–Crippen MR) is 66.9 cm³/mol. The van der Waals surface area contributed by atoms with Crippen LogP contribution in [0.4, 0.5) is 0 Å². The van der Waals surface area contributed by atoms with Gasteiger partial charge in [0.1, 0.15) is 0 Å². The summed E-state index contributed by atoms with van der Waals surface area (Å²) in [6.45, 7) is 1.19. The fourth-order valence-corrected chi connectivity index (χ4v) is 0.285. The Hall–Kier alpha value is -2.72. The third-order valence-corrected chi connectivity index (χ3v) is 0.904. The lowest BCUT2D eigenvalue weighted by Crippen LogP contribution is -2.11. The summed E-state index contributed by atoms with van der Waals surface area (Å²) in [4.78, 5) is 38.2. The van der Waals surface area contributed by atoms with E-state index in [1.54, 1.807) is 0 Å². The maximum absolute atomic E-state index is 9.55. The molecule has 0 aromatic rings. The summed E-state index contributed by atoms with van der Waals surface area (Å²) in [5, 5.41) is 31.2. The molecule has 0 unspecified atom stereocenters. The van der Waals surface area contributed by atoms with Crippen molar-refractivity contribution >= 4 is 23.9 Å². The van der Waals surface area contributed by atoms with Crippen LogP contribution in [-0.4, -0.2) is 57.4 Å². The van der Waals surface area contributed by atoms with Crippen molar-refractivity contribution in [3.05, 3.63) is 24.3 Å². The van der Waals surface area contributed by atoms with Gasteiger partial charge in [0.15, 0.2) is 0 Å². The van der Waals surface area contributed by atoms with Gasteiger partial charge >= 0.3 is 23.9 Å². The zero-order valence-electron chi connectivity index (χ0n) is 10.3. The van der Waals surface area contributed by atoms with Crippen molar-refractivity contribution in [3.8, 4) is 0 Å². The fourth-order valence-electron chi connectivity index (χ4n) is 0.285. The molecule has 20 heavy (non-hydrogen) atoms. The second-order valence-electron chi connectivity index (χ2n) is 2.60. The van der Waals surface area contributed by atoms with Gasteiger partial charge in [-0.2, -0.15) is 0 Å². The number of nitrogens with two attached hydrogens (primary N) is 2. The third kappa shape index (κ3) is 45.4. The number of hydrogen-bond donors (Lipinski definition) is 6. The van der Waals surface area contributed by atoms with Gasteiger partial charge in [0.2, 0.25) is 0 Å². The molecule has 0 rings (SSSR count). The van der Waals surface area contributed by atoms with Crippen LogP contribution in [0.5, 0.6) is 0 Å². The summed E-state index contributed by atoms with van der Waals surface area (Å²) >= 11 is 0. The molecule has 10 heteroatoms. The lowest BCUT2D eigenvalue weighted by molar-refractivity contribution is -0.134. The van der Waals surface area contributed by atoms with Gasteiger partial charge in [0.25, 0.3) is 0 Å². The van der Waals surface area contributed by atoms with Crippen LogP contribution in [0.2, 0.25) is 0 Å². The number of carboxylic acids is 4. The van der Waals surface area contributed by atoms with Crippen molar-refractivity contribution in [1.82, 2.24) is 0 Å². The quantitative estimate of drug-likeness (QED) is 0.318. The number of hydrogen-bond acceptors (Lipinski definition) is 6. The Labute approximate surface area is 113 Å². The molecule has 0 saturated carbocycles. The van der Waals surface area contributed by atoms with Crippen LogP contribution in [-0.2, 0) is 19.2 Å². The zero-order chi connectivity index (χ0) is 16.6. The van der Waals surface area contributed by atoms with Gasteiger partial charge in [-0.25, -0.2) is 19.2 Å². The fraction of sp³-hybridized carbons (Fsp3) is 0.200. The minimum atomic E-state index is -1.26. The van der Waals surface area contributed by atoms with Gasteiger partial charge in [-0.05, 0) is 0 Å². The highest BCUT2D eigenvalue weighted by atomic mass is 16.4. The van der Waals surface area contributed by atoms with E-state index < -0.39 is 23.9 Å². The highest BCUT2D eigenvalue weighted by Crippen LogP contribution is 1.71. The van der Waals surface area contributed by atoms with Crippen LogP contribution >= 0.6 is 0 Å². The summed E-state index contributed by atoms with van der Waals surface area (Å²) in [5.41, 5.74) is 9.81. The van der Waals surface area contributed by atoms with Crippen molar-refractivity contribution in [3.63, 3.8) is 0 Å². The molecule has 0 radical (unpaired) electrons. The molecule has 0 bridgehead atoms. The van der Waals surface area contributed by atoms with Crippen molar-refractivity contribution in [2.75, 3.05) is 13.1 Å². The minimum absolute atomic E-state index is 0.558. The Balaban J connectivity index is -0.000000230. The van der Waals surface area contributed by atoms with Crippen LogP contribution in [0.3, 0.4) is 0 Å². The minimum Gasteiger partial charge on any atom is -0.478 e. The van der Waals surface area contributed by atoms with Crippen LogP contribution < -0.4 is 11.5 Å². The SMILES string of the molecule is NCCN.O=C(O)/C=C/C(=O)O.O=C(O)/C=C/C(=O)O. The van der Waals surface area contributed by atoms with Gasteiger partial charge in [-0.15, -0.1) is 0 Å². The largest absolute Gasteiger partial charge is 0.478 e. The van der Waals surface area contributed by atoms with E-state index in [-0.39, 0.29) is 0 Å². The smallest absolute Gasteiger partial charge is 0.328 e. The Morgan fingerprint density at radius 2 is 0.750 bits per heavy atom. The maximum atomic E-state index is 9.55. The molecule has 10 nitrogen and oxygen atoms in total. The Kier molecular flexibility index (Phi) is 18.3. The molecule has 0 heterocycles. The molecule has 0 aliphatic rings. The van der Waals surface area contributed by atoms with Gasteiger partial charge in [0, 0.05) is 37.4 Å². The van der Waals surface area contributed by atoms with Crippen LogP contribution in [0.15, 0.2) is 24.3 Å². The topological polar surface area (TPSA) is 201 Å². The van der Waals surface area contributed by atoms with Crippen LogP contribution in [0, 0.1) is 0 Å². The van der Waals surface area contributed by atoms with Crippen molar-refractivity contribution < 1.29 is 39.6 Å². The number of rotatable bonds is 5. The number of aliphatic carboxylic acids is 4. The maximum Gasteiger partial charge on any atom is 0.328 e. The molecule has 0 atom stereocenters. The summed E-state index contributed by atoms with van der Waals surface area (Å²) in [6.07, 6.45) is 2.23. The van der Waals surface area contributed by atoms with Crippen LogP contribution in [0.25, 0.3) is 0 Å². The number of carbonyl (C=O) groups is 4. The normalized spacial score (nSPS) is 9.10. The Morgan fingerprint density at radius 1 is 0.600 bits per heavy atom. The monoisotopic (exact) mass is 292 g/mol. The van der Waals surface area contributed by atoms with E-state index in [0.717, 1.165) is 0 Å². The van der Waals surface area contributed by atoms with E-state index in [1.807, 2.05) is 0 Å². The van der Waals surface area contributed by atoms with E-state index in [4.69, 9.17) is 31.9 Å². The molecule has 114 valence electrons. The average Bonchev–Trinajstić information content (AvgIpc) is 2.35. The molecule has 0 aliphatic carbocycles. The summed E-state index contributed by atoms with van der Waals surface area (Å²) in [6, 6.07) is 0. The van der Waals surface area contributed by atoms with Gasteiger partial charge in [-0.3, -0.25) is 0 Å². The lowest BCUT2D eigenvalue weighted by atomic mass is 10.5. The van der Waals surface area contributed by atoms with E-state index in [0.29, 0.717) is 37.4 Å². The molecule has 0 fully saturated rings. The van der Waals surface area contributed by atoms with Gasteiger partial charge in [0.05, 0.1) is 0 Å². The molecule has 0 spiro atoms. The second kappa shape index (κ2) is 16.3. The van der Waals surface area contributed by atoms with Gasteiger partial charge in [-0.1, -0.05) is 0 Å². The van der Waals surface area contributed by atoms with Crippen LogP contribution in [0.1, 0.15) is 0 Å². The van der Waals surface area contributed by atoms with Crippen molar-refractivity contribution in [2.24, 2.45) is 11.5 Å². The summed E-state index contributed by atoms with van der Waals surface area (Å²) in [5.74, 6) is -5.03. The molecular weight excluding hydrogens is 276 g/mol. The van der Waals surface area contributed by atoms with E-state index >= 15 is 0 Å². The van der Waals surface area contributed by atoms with E-state index in [2.05, 4.69) is 0 Å². The first-order valence-electron chi connectivity index (χ1n) is 4.85. The molecule has 0 aromatic heterocycles. The Bertz CT molecular complexity index is 307. The average molecular weight is 292 g/mol. The highest BCUT2D eigenvalue weighted by Gasteiger charge is 1.88. The summed E-state index contributed by atoms with van der Waals surface area (Å²) < 4.78 is 0. The number of carboxylic acid groups (broad SMARTS) is 4. The Morgan fingerprint density at radius 3 is 0.800 bits per heavy atom. The highest BCUT2D eigenvalue weighted by molar-refractivity contribution is 5.90. The van der Waals surface area contributed by atoms with Crippen molar-refractivity contribution in [2.45, 2.75) is 0 Å². The van der Waals surface area contributed by atoms with Gasteiger partial charge < -0.3 is 31.9 Å². The molecule has 0 aliphatic heterocycles. The molecule has 0 aromatic carbocycles. The molecule has 0 saturated heterocycles. The molecular formula is C10H16N2O8. The standard InChI is InChI=1S/2C4H4O4.C2H8N2/c2*5-3(6)1-2-4(7)8;3-1-2-4/h2*1-2H,(H,5,6)(H,7,8);1-4H2/b2*2-1+;. The first kappa shape index (κ1) is 22.5. The third-order valence-electron chi connectivity index (χ3n) is 0.904. The lowest BCUT2D eigenvalue weighted by Gasteiger charge is -1.74. The summed E-state index contributed by atoms with van der Waals surface area (Å²) in [7, 11) is 0. The molecule has 8 N–H and O–H groups in total. The van der Waals surface area contributed by atoms with E-state index in [9.17, 15) is 19.2 Å². The van der Waals surface area contributed by atoms with Crippen molar-refractivity contribution in [1.29, 1.82) is 0 Å². The zero-order valence-corrected chi connectivity index (χ0v) is 10.3. The molecule has 0 amide bonds.